The first-order valence-corrected chi connectivity index (χ1v) is 7.23. The highest BCUT2D eigenvalue weighted by molar-refractivity contribution is 7.99. The first-order valence-electron chi connectivity index (χ1n) is 6.24. The molecule has 1 aliphatic carbocycles. The van der Waals surface area contributed by atoms with Crippen LogP contribution in [0.25, 0.3) is 0 Å². The molecule has 0 radical (unpaired) electrons. The molecule has 1 atom stereocenters. The van der Waals surface area contributed by atoms with Crippen LogP contribution in [0.5, 0.6) is 0 Å². The van der Waals surface area contributed by atoms with Gasteiger partial charge in [0.25, 0.3) is 0 Å². The van der Waals surface area contributed by atoms with Crippen molar-refractivity contribution in [2.75, 3.05) is 12.3 Å². The summed E-state index contributed by atoms with van der Waals surface area (Å²) in [5.41, 5.74) is 8.79. The summed E-state index contributed by atoms with van der Waals surface area (Å²) in [7, 11) is 0. The molecule has 0 fully saturated rings. The van der Waals surface area contributed by atoms with Crippen LogP contribution < -0.4 is 5.73 Å². The van der Waals surface area contributed by atoms with Crippen LogP contribution in [0.2, 0.25) is 0 Å². The van der Waals surface area contributed by atoms with E-state index in [-0.39, 0.29) is 0 Å². The van der Waals surface area contributed by atoms with Gasteiger partial charge in [-0.05, 0) is 61.4 Å². The van der Waals surface area contributed by atoms with Crippen LogP contribution in [0.1, 0.15) is 30.9 Å². The number of rotatable bonds is 4. The summed E-state index contributed by atoms with van der Waals surface area (Å²) in [6.07, 6.45) is 5.28. The van der Waals surface area contributed by atoms with Crippen molar-refractivity contribution in [3.63, 3.8) is 0 Å². The van der Waals surface area contributed by atoms with Crippen LogP contribution in [0, 0.1) is 5.92 Å². The molecule has 2 N–H and O–H groups in total. The maximum atomic E-state index is 5.63. The topological polar surface area (TPSA) is 26.0 Å². The van der Waals surface area contributed by atoms with E-state index in [9.17, 15) is 0 Å². The van der Waals surface area contributed by atoms with E-state index < -0.39 is 0 Å². The van der Waals surface area contributed by atoms with Gasteiger partial charge in [-0.15, -0.1) is 11.8 Å². The minimum Gasteiger partial charge on any atom is -0.330 e. The molecule has 1 aromatic rings. The Morgan fingerprint density at radius 1 is 1.25 bits per heavy atom. The zero-order chi connectivity index (χ0) is 11.4. The highest BCUT2D eigenvalue weighted by Crippen LogP contribution is 2.27. The summed E-state index contributed by atoms with van der Waals surface area (Å²) in [6, 6.07) is 6.99. The van der Waals surface area contributed by atoms with Crippen molar-refractivity contribution < 1.29 is 0 Å². The van der Waals surface area contributed by atoms with Gasteiger partial charge in [0.1, 0.15) is 0 Å². The Hall–Kier alpha value is -0.470. The van der Waals surface area contributed by atoms with Gasteiger partial charge in [-0.25, -0.2) is 0 Å². The van der Waals surface area contributed by atoms with E-state index in [4.69, 9.17) is 5.73 Å². The Balaban J connectivity index is 2.00. The van der Waals surface area contributed by atoms with E-state index in [1.54, 1.807) is 11.1 Å². The molecule has 88 valence electrons. The third-order valence-corrected chi connectivity index (χ3v) is 4.58. The van der Waals surface area contributed by atoms with E-state index in [1.807, 2.05) is 11.8 Å². The van der Waals surface area contributed by atoms with Crippen molar-refractivity contribution in [2.45, 2.75) is 37.5 Å². The normalized spacial score (nSPS) is 16.9. The Labute approximate surface area is 103 Å². The maximum absolute atomic E-state index is 5.63. The molecule has 0 saturated carbocycles. The first kappa shape index (κ1) is 12.0. The van der Waals surface area contributed by atoms with Gasteiger partial charge in [0.15, 0.2) is 0 Å². The average molecular weight is 235 g/mol. The molecular formula is C14H21NS. The van der Waals surface area contributed by atoms with Gasteiger partial charge in [-0.2, -0.15) is 0 Å². The third-order valence-electron chi connectivity index (χ3n) is 3.26. The minimum atomic E-state index is 0.612. The molecule has 1 nitrogen and oxygen atoms in total. The lowest BCUT2D eigenvalue weighted by molar-refractivity contribution is 0.674. The van der Waals surface area contributed by atoms with E-state index in [1.165, 1.54) is 30.6 Å². The average Bonchev–Trinajstić information content (AvgIpc) is 2.35. The van der Waals surface area contributed by atoms with Crippen LogP contribution in [-0.2, 0) is 12.8 Å². The van der Waals surface area contributed by atoms with Crippen LogP contribution in [0.15, 0.2) is 23.1 Å². The Morgan fingerprint density at radius 2 is 2.00 bits per heavy atom. The van der Waals surface area contributed by atoms with E-state index >= 15 is 0 Å². The van der Waals surface area contributed by atoms with Crippen LogP contribution in [-0.4, -0.2) is 12.3 Å². The zero-order valence-corrected chi connectivity index (χ0v) is 10.9. The van der Waals surface area contributed by atoms with Crippen LogP contribution in [0.3, 0.4) is 0 Å². The first-order chi connectivity index (χ1) is 7.79. The summed E-state index contributed by atoms with van der Waals surface area (Å²) in [4.78, 5) is 1.42. The molecular weight excluding hydrogens is 214 g/mol. The molecule has 0 heterocycles. The van der Waals surface area contributed by atoms with Crippen molar-refractivity contribution >= 4 is 11.8 Å². The zero-order valence-electron chi connectivity index (χ0n) is 10.0. The van der Waals surface area contributed by atoms with E-state index in [2.05, 4.69) is 25.1 Å². The largest absolute Gasteiger partial charge is 0.330 e. The summed E-state index contributed by atoms with van der Waals surface area (Å²) < 4.78 is 0. The Kier molecular flexibility index (Phi) is 4.30. The number of benzene rings is 1. The van der Waals surface area contributed by atoms with Gasteiger partial charge in [-0.1, -0.05) is 13.0 Å². The smallest absolute Gasteiger partial charge is 0.00749 e. The summed E-state index contributed by atoms with van der Waals surface area (Å²) >= 11 is 1.95. The molecule has 1 unspecified atom stereocenters. The van der Waals surface area contributed by atoms with Crippen molar-refractivity contribution in [3.05, 3.63) is 29.3 Å². The van der Waals surface area contributed by atoms with Gasteiger partial charge in [0, 0.05) is 10.6 Å². The lowest BCUT2D eigenvalue weighted by Gasteiger charge is -2.16. The number of nitrogens with two attached hydrogens (primary N) is 1. The molecule has 0 spiro atoms. The van der Waals surface area contributed by atoms with Crippen LogP contribution in [0.4, 0.5) is 0 Å². The molecule has 2 heteroatoms. The molecule has 0 saturated heterocycles. The van der Waals surface area contributed by atoms with Gasteiger partial charge in [-0.3, -0.25) is 0 Å². The number of aryl methyl sites for hydroxylation is 2. The molecule has 0 bridgehead atoms. The summed E-state index contributed by atoms with van der Waals surface area (Å²) in [5, 5.41) is 0. The fourth-order valence-corrected chi connectivity index (χ4v) is 3.11. The van der Waals surface area contributed by atoms with E-state index in [0.29, 0.717) is 5.92 Å². The fourth-order valence-electron chi connectivity index (χ4n) is 2.11. The number of hydrogen-bond acceptors (Lipinski definition) is 2. The molecule has 0 aromatic heterocycles. The predicted octanol–water partition coefficient (Wildman–Crippen LogP) is 3.25. The second kappa shape index (κ2) is 5.74. The Morgan fingerprint density at radius 3 is 2.75 bits per heavy atom. The molecule has 16 heavy (non-hydrogen) atoms. The van der Waals surface area contributed by atoms with Crippen molar-refractivity contribution in [1.29, 1.82) is 0 Å². The van der Waals surface area contributed by atoms with Crippen molar-refractivity contribution in [2.24, 2.45) is 11.7 Å². The van der Waals surface area contributed by atoms with Crippen molar-refractivity contribution in [3.8, 4) is 0 Å². The van der Waals surface area contributed by atoms with Crippen LogP contribution >= 0.6 is 11.8 Å². The van der Waals surface area contributed by atoms with Gasteiger partial charge >= 0.3 is 0 Å². The minimum absolute atomic E-state index is 0.612. The van der Waals surface area contributed by atoms with Gasteiger partial charge < -0.3 is 5.73 Å². The molecule has 2 rings (SSSR count). The number of hydrogen-bond donors (Lipinski definition) is 1. The third kappa shape index (κ3) is 3.02. The van der Waals surface area contributed by atoms with Crippen molar-refractivity contribution in [1.82, 2.24) is 0 Å². The lowest BCUT2D eigenvalue weighted by Crippen LogP contribution is -2.12. The number of thioether (sulfide) groups is 1. The number of fused-ring (bicyclic) bond motifs is 1. The lowest BCUT2D eigenvalue weighted by atomic mass is 9.92. The SMILES string of the molecule is CC(CN)CSc1ccc2c(c1)CCCC2. The Bertz CT molecular complexity index is 349. The summed E-state index contributed by atoms with van der Waals surface area (Å²) in [6.45, 7) is 3.00. The standard InChI is InChI=1S/C14H21NS/c1-11(9-15)10-16-14-7-6-12-4-2-3-5-13(12)8-14/h6-8,11H,2-5,9-10,15H2,1H3. The molecule has 1 aliphatic rings. The molecule has 0 amide bonds. The second-order valence-electron chi connectivity index (χ2n) is 4.79. The highest BCUT2D eigenvalue weighted by atomic mass is 32.2. The highest BCUT2D eigenvalue weighted by Gasteiger charge is 2.09. The maximum Gasteiger partial charge on any atom is 0.00749 e. The van der Waals surface area contributed by atoms with Gasteiger partial charge in [0.2, 0.25) is 0 Å². The predicted molar refractivity (Wildman–Crippen MR) is 72.0 cm³/mol. The van der Waals surface area contributed by atoms with Gasteiger partial charge in [0.05, 0.1) is 0 Å². The molecule has 0 aliphatic heterocycles. The monoisotopic (exact) mass is 235 g/mol. The molecule has 1 aromatic carbocycles. The van der Waals surface area contributed by atoms with E-state index in [0.717, 1.165) is 12.3 Å². The quantitative estimate of drug-likeness (QED) is 0.811. The second-order valence-corrected chi connectivity index (χ2v) is 5.88. The summed E-state index contributed by atoms with van der Waals surface area (Å²) in [5.74, 6) is 1.75. The fraction of sp³-hybridized carbons (Fsp3) is 0.571.